The van der Waals surface area contributed by atoms with Gasteiger partial charge in [0.15, 0.2) is 0 Å². The van der Waals surface area contributed by atoms with E-state index in [0.29, 0.717) is 5.19 Å². The molecule has 14 heavy (non-hydrogen) atoms. The minimum atomic E-state index is -0.751. The van der Waals surface area contributed by atoms with Gasteiger partial charge in [-0.15, -0.1) is 0 Å². The summed E-state index contributed by atoms with van der Waals surface area (Å²) in [5.74, 6) is 0. The largest absolute Gasteiger partial charge is 0.473 e. The number of nitrogens with one attached hydrogen (secondary N) is 1. The Kier molecular flexibility index (Phi) is 2.71. The second-order valence-corrected chi connectivity index (χ2v) is 4.31. The molecular weight excluding hydrogens is 200 g/mol. The lowest BCUT2D eigenvalue weighted by atomic mass is 9.90. The molecule has 0 spiro atoms. The molecule has 0 amide bonds. The monoisotopic (exact) mass is 214 g/mol. The number of aromatic nitrogens is 1. The molecule has 0 bridgehead atoms. The van der Waals surface area contributed by atoms with E-state index in [4.69, 9.17) is 4.74 Å². The fraction of sp³-hybridized carbons (Fsp3) is 0.667. The third-order valence-corrected chi connectivity index (χ3v) is 3.37. The van der Waals surface area contributed by atoms with Crippen LogP contribution in [-0.2, 0) is 5.60 Å². The molecule has 0 radical (unpaired) electrons. The Morgan fingerprint density at radius 3 is 2.86 bits per heavy atom. The van der Waals surface area contributed by atoms with Crippen molar-refractivity contribution in [2.75, 3.05) is 20.2 Å². The van der Waals surface area contributed by atoms with Gasteiger partial charge in [-0.05, 0) is 25.9 Å². The first-order valence-corrected chi connectivity index (χ1v) is 5.56. The number of nitrogens with zero attached hydrogens (tertiary/aromatic N) is 1. The van der Waals surface area contributed by atoms with E-state index in [2.05, 4.69) is 10.3 Å². The van der Waals surface area contributed by atoms with Crippen LogP contribution in [-0.4, -0.2) is 30.3 Å². The van der Waals surface area contributed by atoms with Gasteiger partial charge in [0.2, 0.25) is 0 Å². The van der Waals surface area contributed by atoms with Gasteiger partial charge in [0, 0.05) is 5.38 Å². The summed E-state index contributed by atoms with van der Waals surface area (Å²) in [7, 11) is 1.59. The molecule has 1 saturated heterocycles. The summed E-state index contributed by atoms with van der Waals surface area (Å²) in [6, 6.07) is 0. The second kappa shape index (κ2) is 3.84. The molecule has 0 aromatic carbocycles. The molecule has 1 aliphatic rings. The number of hydrogen-bond donors (Lipinski definition) is 2. The summed E-state index contributed by atoms with van der Waals surface area (Å²) in [6.45, 7) is 1.69. The standard InChI is InChI=1S/C9H14N2O2S/c1-13-8-11-7(6-14-8)9(12)2-4-10-5-3-9/h6,10,12H,2-5H2,1H3. The van der Waals surface area contributed by atoms with Gasteiger partial charge in [-0.3, -0.25) is 0 Å². The van der Waals surface area contributed by atoms with Gasteiger partial charge in [0.25, 0.3) is 5.19 Å². The van der Waals surface area contributed by atoms with E-state index in [-0.39, 0.29) is 0 Å². The summed E-state index contributed by atoms with van der Waals surface area (Å²) in [5, 5.41) is 16.0. The van der Waals surface area contributed by atoms with Crippen molar-refractivity contribution in [2.24, 2.45) is 0 Å². The van der Waals surface area contributed by atoms with Crippen LogP contribution in [0.4, 0.5) is 0 Å². The van der Waals surface area contributed by atoms with Gasteiger partial charge in [-0.25, -0.2) is 4.98 Å². The van der Waals surface area contributed by atoms with Gasteiger partial charge >= 0.3 is 0 Å². The number of aliphatic hydroxyl groups is 1. The van der Waals surface area contributed by atoms with Crippen LogP contribution in [0.3, 0.4) is 0 Å². The highest BCUT2D eigenvalue weighted by molar-refractivity contribution is 7.11. The first-order valence-electron chi connectivity index (χ1n) is 4.68. The highest BCUT2D eigenvalue weighted by atomic mass is 32.1. The molecule has 0 aliphatic carbocycles. The van der Waals surface area contributed by atoms with E-state index in [1.54, 1.807) is 7.11 Å². The number of ether oxygens (including phenoxy) is 1. The summed E-state index contributed by atoms with van der Waals surface area (Å²) in [4.78, 5) is 4.24. The van der Waals surface area contributed by atoms with Gasteiger partial charge in [0.05, 0.1) is 12.8 Å². The van der Waals surface area contributed by atoms with Gasteiger partial charge < -0.3 is 15.2 Å². The Balaban J connectivity index is 2.19. The lowest BCUT2D eigenvalue weighted by Crippen LogP contribution is -2.39. The molecule has 1 aromatic heterocycles. The fourth-order valence-electron chi connectivity index (χ4n) is 1.66. The lowest BCUT2D eigenvalue weighted by molar-refractivity contribution is 0.00213. The third-order valence-electron chi connectivity index (χ3n) is 2.57. The molecular formula is C9H14N2O2S. The predicted octanol–water partition coefficient (Wildman–Crippen LogP) is 0.723. The predicted molar refractivity (Wildman–Crippen MR) is 54.7 cm³/mol. The number of hydrogen-bond acceptors (Lipinski definition) is 5. The highest BCUT2D eigenvalue weighted by Gasteiger charge is 2.33. The number of rotatable bonds is 2. The van der Waals surface area contributed by atoms with E-state index in [9.17, 15) is 5.11 Å². The van der Waals surface area contributed by atoms with E-state index in [1.165, 1.54) is 11.3 Å². The Morgan fingerprint density at radius 2 is 2.29 bits per heavy atom. The van der Waals surface area contributed by atoms with E-state index < -0.39 is 5.60 Å². The first-order chi connectivity index (χ1) is 6.74. The van der Waals surface area contributed by atoms with Gasteiger partial charge in [0.1, 0.15) is 5.60 Å². The van der Waals surface area contributed by atoms with Crippen molar-refractivity contribution in [2.45, 2.75) is 18.4 Å². The maximum atomic E-state index is 10.3. The Hall–Kier alpha value is -0.650. The van der Waals surface area contributed by atoms with Crippen LogP contribution in [0.15, 0.2) is 5.38 Å². The zero-order valence-electron chi connectivity index (χ0n) is 8.12. The van der Waals surface area contributed by atoms with E-state index in [1.807, 2.05) is 5.38 Å². The molecule has 2 rings (SSSR count). The summed E-state index contributed by atoms with van der Waals surface area (Å²) in [6.07, 6.45) is 1.44. The molecule has 1 aromatic rings. The minimum Gasteiger partial charge on any atom is -0.473 e. The van der Waals surface area contributed by atoms with Crippen LogP contribution in [0.1, 0.15) is 18.5 Å². The average Bonchev–Trinajstić information content (AvgIpc) is 2.67. The molecule has 0 unspecified atom stereocenters. The molecule has 2 N–H and O–H groups in total. The molecule has 5 heteroatoms. The molecule has 2 heterocycles. The summed E-state index contributed by atoms with van der Waals surface area (Å²) >= 11 is 1.43. The SMILES string of the molecule is COc1nc(C2(O)CCNCC2)cs1. The number of methoxy groups -OCH3 is 1. The maximum Gasteiger partial charge on any atom is 0.273 e. The van der Waals surface area contributed by atoms with Crippen molar-refractivity contribution < 1.29 is 9.84 Å². The van der Waals surface area contributed by atoms with Crippen LogP contribution in [0, 0.1) is 0 Å². The first kappa shape index (κ1) is 9.89. The second-order valence-electron chi connectivity index (χ2n) is 3.48. The van der Waals surface area contributed by atoms with Crippen molar-refractivity contribution in [1.29, 1.82) is 0 Å². The Bertz CT molecular complexity index is 308. The van der Waals surface area contributed by atoms with Crippen molar-refractivity contribution in [3.05, 3.63) is 11.1 Å². The highest BCUT2D eigenvalue weighted by Crippen LogP contribution is 2.32. The number of thiazole rings is 1. The third kappa shape index (κ3) is 1.75. The average molecular weight is 214 g/mol. The van der Waals surface area contributed by atoms with Crippen LogP contribution in [0.5, 0.6) is 5.19 Å². The van der Waals surface area contributed by atoms with Crippen LogP contribution < -0.4 is 10.1 Å². The normalized spacial score (nSPS) is 20.7. The Labute approximate surface area is 86.9 Å². The van der Waals surface area contributed by atoms with Gasteiger partial charge in [-0.1, -0.05) is 11.3 Å². The van der Waals surface area contributed by atoms with Crippen LogP contribution >= 0.6 is 11.3 Å². The van der Waals surface area contributed by atoms with E-state index in [0.717, 1.165) is 31.6 Å². The summed E-state index contributed by atoms with van der Waals surface area (Å²) in [5.41, 5.74) is -0.000671. The molecule has 4 nitrogen and oxygen atoms in total. The molecule has 78 valence electrons. The Morgan fingerprint density at radius 1 is 1.57 bits per heavy atom. The lowest BCUT2D eigenvalue weighted by Gasteiger charge is -2.30. The molecule has 1 aliphatic heterocycles. The topological polar surface area (TPSA) is 54.4 Å². The van der Waals surface area contributed by atoms with Crippen molar-refractivity contribution in [3.8, 4) is 5.19 Å². The van der Waals surface area contributed by atoms with Crippen molar-refractivity contribution in [3.63, 3.8) is 0 Å². The molecule has 0 saturated carbocycles. The smallest absolute Gasteiger partial charge is 0.273 e. The molecule has 0 atom stereocenters. The van der Waals surface area contributed by atoms with Crippen LogP contribution in [0.2, 0.25) is 0 Å². The molecule has 1 fully saturated rings. The maximum absolute atomic E-state index is 10.3. The van der Waals surface area contributed by atoms with Gasteiger partial charge in [-0.2, -0.15) is 0 Å². The number of piperidine rings is 1. The minimum absolute atomic E-state index is 0.618. The van der Waals surface area contributed by atoms with Crippen molar-refractivity contribution in [1.82, 2.24) is 10.3 Å². The fourth-order valence-corrected chi connectivity index (χ4v) is 2.39. The quantitative estimate of drug-likeness (QED) is 0.762. The van der Waals surface area contributed by atoms with Crippen LogP contribution in [0.25, 0.3) is 0 Å². The van der Waals surface area contributed by atoms with Crippen molar-refractivity contribution >= 4 is 11.3 Å². The zero-order chi connectivity index (χ0) is 10.0. The van der Waals surface area contributed by atoms with E-state index >= 15 is 0 Å². The zero-order valence-corrected chi connectivity index (χ0v) is 8.93. The summed E-state index contributed by atoms with van der Waals surface area (Å²) < 4.78 is 5.01.